The maximum atomic E-state index is 2.22. The SMILES string of the molecule is C/C=C\c1ccc(C)cc1/C=C/CC.CC. The van der Waals surface area contributed by atoms with Gasteiger partial charge in [0, 0.05) is 0 Å². The summed E-state index contributed by atoms with van der Waals surface area (Å²) in [6.07, 6.45) is 9.70. The van der Waals surface area contributed by atoms with Gasteiger partial charge in [0.05, 0.1) is 0 Å². The summed E-state index contributed by atoms with van der Waals surface area (Å²) in [4.78, 5) is 0. The smallest absolute Gasteiger partial charge is 0.0185 e. The van der Waals surface area contributed by atoms with E-state index >= 15 is 0 Å². The van der Waals surface area contributed by atoms with Crippen molar-refractivity contribution in [2.24, 2.45) is 0 Å². The molecule has 0 heteroatoms. The van der Waals surface area contributed by atoms with Crippen molar-refractivity contribution in [3.05, 3.63) is 47.0 Å². The summed E-state index contributed by atoms with van der Waals surface area (Å²) >= 11 is 0. The number of allylic oxidation sites excluding steroid dienone is 2. The number of rotatable bonds is 3. The van der Waals surface area contributed by atoms with Gasteiger partial charge in [-0.15, -0.1) is 0 Å². The van der Waals surface area contributed by atoms with Gasteiger partial charge in [-0.25, -0.2) is 0 Å². The van der Waals surface area contributed by atoms with Crippen LogP contribution in [-0.4, -0.2) is 0 Å². The Labute approximate surface area is 101 Å². The first kappa shape index (κ1) is 14.7. The molecule has 0 aliphatic heterocycles. The van der Waals surface area contributed by atoms with Gasteiger partial charge in [0.2, 0.25) is 0 Å². The minimum Gasteiger partial charge on any atom is -0.0870 e. The van der Waals surface area contributed by atoms with Gasteiger partial charge >= 0.3 is 0 Å². The van der Waals surface area contributed by atoms with Crippen molar-refractivity contribution in [2.45, 2.75) is 41.0 Å². The lowest BCUT2D eigenvalue weighted by Crippen LogP contribution is -1.82. The van der Waals surface area contributed by atoms with E-state index in [9.17, 15) is 0 Å². The van der Waals surface area contributed by atoms with Gasteiger partial charge in [-0.2, -0.15) is 0 Å². The Balaban J connectivity index is 0.00000106. The van der Waals surface area contributed by atoms with Gasteiger partial charge in [-0.3, -0.25) is 0 Å². The van der Waals surface area contributed by atoms with E-state index in [0.717, 1.165) is 6.42 Å². The minimum absolute atomic E-state index is 1.09. The van der Waals surface area contributed by atoms with Crippen molar-refractivity contribution in [1.29, 1.82) is 0 Å². The molecule has 88 valence electrons. The molecule has 0 aliphatic rings. The van der Waals surface area contributed by atoms with Crippen LogP contribution in [-0.2, 0) is 0 Å². The van der Waals surface area contributed by atoms with E-state index in [1.165, 1.54) is 16.7 Å². The molecule has 0 fully saturated rings. The molecular formula is C16H24. The topological polar surface area (TPSA) is 0 Å². The fourth-order valence-corrected chi connectivity index (χ4v) is 1.41. The van der Waals surface area contributed by atoms with Crippen LogP contribution in [0.1, 0.15) is 50.8 Å². The Morgan fingerprint density at radius 1 is 1.06 bits per heavy atom. The monoisotopic (exact) mass is 216 g/mol. The Bertz CT molecular complexity index is 343. The molecule has 0 heterocycles. The second-order valence-electron chi connectivity index (χ2n) is 3.44. The van der Waals surface area contributed by atoms with E-state index in [0.29, 0.717) is 0 Å². The quantitative estimate of drug-likeness (QED) is 0.627. The molecule has 0 atom stereocenters. The van der Waals surface area contributed by atoms with Crippen LogP contribution in [0.4, 0.5) is 0 Å². The molecule has 0 nitrogen and oxygen atoms in total. The van der Waals surface area contributed by atoms with Crippen molar-refractivity contribution >= 4 is 12.2 Å². The molecule has 0 aromatic heterocycles. The molecule has 0 bridgehead atoms. The van der Waals surface area contributed by atoms with Crippen molar-refractivity contribution in [2.75, 3.05) is 0 Å². The summed E-state index contributed by atoms with van der Waals surface area (Å²) in [5, 5.41) is 0. The Morgan fingerprint density at radius 3 is 2.31 bits per heavy atom. The van der Waals surface area contributed by atoms with Crippen molar-refractivity contribution in [3.8, 4) is 0 Å². The van der Waals surface area contributed by atoms with Crippen LogP contribution in [0.2, 0.25) is 0 Å². The molecule has 0 unspecified atom stereocenters. The zero-order chi connectivity index (χ0) is 12.4. The fraction of sp³-hybridized carbons (Fsp3) is 0.375. The zero-order valence-corrected chi connectivity index (χ0v) is 11.2. The number of benzene rings is 1. The van der Waals surface area contributed by atoms with Gasteiger partial charge < -0.3 is 0 Å². The Hall–Kier alpha value is -1.30. The second kappa shape index (κ2) is 8.96. The van der Waals surface area contributed by atoms with Crippen LogP contribution in [0.25, 0.3) is 12.2 Å². The number of hydrogen-bond donors (Lipinski definition) is 0. The third-order valence-electron chi connectivity index (χ3n) is 2.12. The van der Waals surface area contributed by atoms with E-state index in [-0.39, 0.29) is 0 Å². The third-order valence-corrected chi connectivity index (χ3v) is 2.12. The molecule has 1 aromatic carbocycles. The van der Waals surface area contributed by atoms with Gasteiger partial charge in [-0.1, -0.05) is 68.8 Å². The largest absolute Gasteiger partial charge is 0.0870 e. The average molecular weight is 216 g/mol. The molecule has 16 heavy (non-hydrogen) atoms. The van der Waals surface area contributed by atoms with Crippen LogP contribution in [0, 0.1) is 6.92 Å². The molecule has 0 saturated heterocycles. The summed E-state index contributed by atoms with van der Waals surface area (Å²) < 4.78 is 0. The third kappa shape index (κ3) is 4.97. The molecular weight excluding hydrogens is 192 g/mol. The highest BCUT2D eigenvalue weighted by atomic mass is 14.0. The molecule has 0 aliphatic carbocycles. The minimum atomic E-state index is 1.09. The molecule has 0 saturated carbocycles. The number of aryl methyl sites for hydroxylation is 1. The zero-order valence-electron chi connectivity index (χ0n) is 11.2. The van der Waals surface area contributed by atoms with Crippen LogP contribution >= 0.6 is 0 Å². The predicted molar refractivity (Wildman–Crippen MR) is 76.6 cm³/mol. The summed E-state index contributed by atoms with van der Waals surface area (Å²) in [6.45, 7) is 10.3. The van der Waals surface area contributed by atoms with Crippen molar-refractivity contribution < 1.29 is 0 Å². The van der Waals surface area contributed by atoms with Crippen LogP contribution < -0.4 is 0 Å². The molecule has 1 aromatic rings. The van der Waals surface area contributed by atoms with Gasteiger partial charge in [0.25, 0.3) is 0 Å². The first-order valence-electron chi connectivity index (χ1n) is 6.17. The van der Waals surface area contributed by atoms with Crippen LogP contribution in [0.5, 0.6) is 0 Å². The second-order valence-corrected chi connectivity index (χ2v) is 3.44. The lowest BCUT2D eigenvalue weighted by molar-refractivity contribution is 1.23. The Morgan fingerprint density at radius 2 is 1.75 bits per heavy atom. The molecule has 0 spiro atoms. The van der Waals surface area contributed by atoms with Crippen LogP contribution in [0.15, 0.2) is 30.4 Å². The fourth-order valence-electron chi connectivity index (χ4n) is 1.41. The number of hydrogen-bond acceptors (Lipinski definition) is 0. The lowest BCUT2D eigenvalue weighted by atomic mass is 10.0. The molecule has 1 rings (SSSR count). The van der Waals surface area contributed by atoms with E-state index in [4.69, 9.17) is 0 Å². The molecule has 0 radical (unpaired) electrons. The maximum absolute atomic E-state index is 2.22. The highest BCUT2D eigenvalue weighted by molar-refractivity contribution is 5.65. The maximum Gasteiger partial charge on any atom is -0.0185 e. The molecule has 0 amide bonds. The lowest BCUT2D eigenvalue weighted by Gasteiger charge is -2.02. The van der Waals surface area contributed by atoms with E-state index in [1.54, 1.807) is 0 Å². The van der Waals surface area contributed by atoms with Gasteiger partial charge in [0.1, 0.15) is 0 Å². The summed E-state index contributed by atoms with van der Waals surface area (Å²) in [6, 6.07) is 6.55. The van der Waals surface area contributed by atoms with Gasteiger partial charge in [0.15, 0.2) is 0 Å². The van der Waals surface area contributed by atoms with E-state index in [1.807, 2.05) is 20.8 Å². The highest BCUT2D eigenvalue weighted by Gasteiger charge is 1.95. The molecule has 0 N–H and O–H groups in total. The van der Waals surface area contributed by atoms with Gasteiger partial charge in [-0.05, 0) is 31.4 Å². The highest BCUT2D eigenvalue weighted by Crippen LogP contribution is 2.15. The summed E-state index contributed by atoms with van der Waals surface area (Å²) in [7, 11) is 0. The standard InChI is InChI=1S/C14H18.C2H6/c1-4-6-8-14-11-12(3)9-10-13(14)7-5-2;1-2/h5-11H,4H2,1-3H3;1-2H3/b7-5-,8-6+;. The van der Waals surface area contributed by atoms with E-state index in [2.05, 4.69) is 56.4 Å². The average Bonchev–Trinajstić information content (AvgIpc) is 2.32. The summed E-state index contributed by atoms with van der Waals surface area (Å²) in [5.74, 6) is 0. The van der Waals surface area contributed by atoms with Crippen molar-refractivity contribution in [3.63, 3.8) is 0 Å². The predicted octanol–water partition coefficient (Wildman–Crippen LogP) is 5.48. The first-order chi connectivity index (χ1) is 7.77. The summed E-state index contributed by atoms with van der Waals surface area (Å²) in [5.41, 5.74) is 3.92. The van der Waals surface area contributed by atoms with E-state index < -0.39 is 0 Å². The van der Waals surface area contributed by atoms with Crippen molar-refractivity contribution in [1.82, 2.24) is 0 Å². The normalized spacial score (nSPS) is 10.6. The Kier molecular flexibility index (Phi) is 8.24. The van der Waals surface area contributed by atoms with Crippen LogP contribution in [0.3, 0.4) is 0 Å². The first-order valence-corrected chi connectivity index (χ1v) is 6.17.